The zero-order chi connectivity index (χ0) is 39.5. The summed E-state index contributed by atoms with van der Waals surface area (Å²) in [5.74, 6) is -0.570. The molecule has 0 saturated heterocycles. The van der Waals surface area contributed by atoms with Crippen LogP contribution in [0, 0.1) is 34.4 Å². The van der Waals surface area contributed by atoms with Crippen molar-refractivity contribution in [2.75, 3.05) is 11.2 Å². The van der Waals surface area contributed by atoms with Crippen LogP contribution in [-0.2, 0) is 52.6 Å². The van der Waals surface area contributed by atoms with Gasteiger partial charge in [0, 0.05) is 10.6 Å². The molecule has 1 aliphatic carbocycles. The first-order chi connectivity index (χ1) is 23.6. The van der Waals surface area contributed by atoms with Crippen LogP contribution in [0.3, 0.4) is 0 Å². The summed E-state index contributed by atoms with van der Waals surface area (Å²) in [7, 11) is -17.1. The topological polar surface area (TPSA) is 397 Å². The van der Waals surface area contributed by atoms with Gasteiger partial charge in [-0.05, 0) is 17.1 Å². The molecule has 0 unspecified atom stereocenters. The summed E-state index contributed by atoms with van der Waals surface area (Å²) in [4.78, 5) is 22.6. The number of carbonyl (C=O) groups is 1. The Bertz CT molecular complexity index is 2320. The molecule has 4 rings (SSSR count). The van der Waals surface area contributed by atoms with Gasteiger partial charge in [0.1, 0.15) is 0 Å². The van der Waals surface area contributed by atoms with Gasteiger partial charge in [0.25, 0.3) is 0 Å². The maximum Gasteiger partial charge on any atom is 1.00 e. The van der Waals surface area contributed by atoms with E-state index in [1.165, 1.54) is 30.3 Å². The molecular formula is C22H11N6Na5O18S5. The van der Waals surface area contributed by atoms with Crippen LogP contribution in [0.15, 0.2) is 62.7 Å². The van der Waals surface area contributed by atoms with Gasteiger partial charge in [-0.1, -0.05) is 22.7 Å². The van der Waals surface area contributed by atoms with E-state index in [1.807, 2.05) is 0 Å². The molecule has 24 nitrogen and oxygen atoms in total. The predicted octanol–water partition coefficient (Wildman–Crippen LogP) is -15.6. The minimum absolute atomic E-state index is 0. The molecular weight excluding hydrogens is 912 g/mol. The number of non-ortho nitro benzene ring substituents is 1. The number of carbonyl (C=O) groups excluding carboxylic acids is 1. The maximum atomic E-state index is 12.9. The van der Waals surface area contributed by atoms with Crippen LogP contribution in [0.2, 0.25) is 0 Å². The molecule has 0 aromatic heterocycles. The molecule has 0 fully saturated rings. The number of nitrogens with one attached hydrogen (secondary N) is 1. The minimum atomic E-state index is -4.61. The first-order valence-corrected chi connectivity index (χ1v) is 16.9. The second-order valence-electron chi connectivity index (χ2n) is 7.66. The van der Waals surface area contributed by atoms with Crippen LogP contribution in [0.5, 0.6) is 0 Å². The van der Waals surface area contributed by atoms with Gasteiger partial charge in [0.05, 0.1) is 15.9 Å². The van der Waals surface area contributed by atoms with Gasteiger partial charge in [-0.2, -0.15) is 29.4 Å². The van der Waals surface area contributed by atoms with E-state index in [1.54, 1.807) is 0 Å². The summed E-state index contributed by atoms with van der Waals surface area (Å²) in [5, 5.41) is 22.5. The van der Waals surface area contributed by atoms with Gasteiger partial charge in [-0.3, -0.25) is 18.5 Å². The molecule has 0 atom stereocenters. The summed E-state index contributed by atoms with van der Waals surface area (Å²) in [6.45, 7) is 0. The zero-order valence-corrected chi connectivity index (χ0v) is 43.0. The largest absolute Gasteiger partial charge is 1.00 e. The molecule has 0 bridgehead atoms. The van der Waals surface area contributed by atoms with Gasteiger partial charge < -0.3 is 20.5 Å². The average Bonchev–Trinajstić information content (AvgIpc) is 2.99. The molecule has 0 radical (unpaired) electrons. The first-order valence-electron chi connectivity index (χ1n) is 11.5. The summed E-state index contributed by atoms with van der Waals surface area (Å²) < 4.78 is 134. The predicted molar refractivity (Wildman–Crippen MR) is 161 cm³/mol. The Hall–Kier alpha value is -1.27. The van der Waals surface area contributed by atoms with Crippen LogP contribution in [0.1, 0.15) is 15.9 Å². The summed E-state index contributed by atoms with van der Waals surface area (Å²) in [6.07, 6.45) is 4.18. The van der Waals surface area contributed by atoms with Crippen LogP contribution in [0.4, 0.5) is 28.4 Å². The Labute approximate surface area is 432 Å². The fourth-order valence-electron chi connectivity index (χ4n) is 2.86. The van der Waals surface area contributed by atoms with Gasteiger partial charge >= 0.3 is 190 Å². The third-order valence-corrected chi connectivity index (χ3v) is 5.42. The van der Waals surface area contributed by atoms with Crippen molar-refractivity contribution < 1.29 is 221 Å². The normalized spacial score (nSPS) is 10.7. The molecule has 56 heavy (non-hydrogen) atoms. The van der Waals surface area contributed by atoms with Crippen molar-refractivity contribution in [1.29, 1.82) is 0 Å². The molecule has 3 aromatic carbocycles. The van der Waals surface area contributed by atoms with Crippen LogP contribution < -0.4 is 159 Å². The number of fused-ring (bicyclic) bond motifs is 1. The van der Waals surface area contributed by atoms with E-state index in [2.05, 4.69) is 45.0 Å². The Morgan fingerprint density at radius 1 is 0.714 bits per heavy atom. The Kier molecular flexibility index (Phi) is 41.1. The van der Waals surface area contributed by atoms with Crippen LogP contribution in [0.25, 0.3) is 6.08 Å². The number of allylic oxidation sites excluding steroid dienone is 1. The number of hydrogen-bond donors (Lipinski definition) is 2. The van der Waals surface area contributed by atoms with Crippen molar-refractivity contribution in [3.8, 4) is 0 Å². The fourth-order valence-corrected chi connectivity index (χ4v) is 3.30. The van der Waals surface area contributed by atoms with Crippen molar-refractivity contribution >= 4 is 98.6 Å². The molecule has 0 spiro atoms. The van der Waals surface area contributed by atoms with Crippen molar-refractivity contribution in [3.05, 3.63) is 88.0 Å². The quantitative estimate of drug-likeness (QED) is 0.0441. The van der Waals surface area contributed by atoms with Crippen LogP contribution in [-0.4, -0.2) is 79.9 Å². The first kappa shape index (κ1) is 66.5. The van der Waals surface area contributed by atoms with E-state index in [0.29, 0.717) is 5.56 Å². The number of nitrogens with two attached hydrogens (primary N) is 1. The van der Waals surface area contributed by atoms with E-state index in [9.17, 15) is 27.9 Å². The molecule has 272 valence electrons. The van der Waals surface area contributed by atoms with Crippen molar-refractivity contribution in [2.24, 2.45) is 15.3 Å². The molecule has 3 aromatic rings. The van der Waals surface area contributed by atoms with E-state index in [0.717, 1.165) is 18.2 Å². The Morgan fingerprint density at radius 3 is 1.61 bits per heavy atom. The number of nitrogens with zero attached hydrogens (tertiary/aromatic N) is 4. The van der Waals surface area contributed by atoms with Crippen molar-refractivity contribution in [3.63, 3.8) is 0 Å². The number of Topliss-reactive ketones (excluding diaryl/α,β-unsaturated/α-hetero) is 1. The van der Waals surface area contributed by atoms with Crippen molar-refractivity contribution in [2.45, 2.75) is 4.90 Å². The number of hydrazone groups is 1. The molecule has 34 heteroatoms. The number of anilines is 2. The maximum absolute atomic E-state index is 12.9. The summed E-state index contributed by atoms with van der Waals surface area (Å²) >= 11 is 0. The van der Waals surface area contributed by atoms with E-state index in [-0.39, 0.29) is 187 Å². The van der Waals surface area contributed by atoms with Crippen LogP contribution >= 0.6 is 0 Å². The van der Waals surface area contributed by atoms with Gasteiger partial charge in [0.15, 0.2) is 5.69 Å². The third-order valence-electron chi connectivity index (χ3n) is 4.59. The van der Waals surface area contributed by atoms with E-state index >= 15 is 0 Å². The van der Waals surface area contributed by atoms with Crippen molar-refractivity contribution in [1.82, 2.24) is 0 Å². The number of nitro benzene ring substituents is 1. The number of rotatable bonds is 6. The second-order valence-corrected chi connectivity index (χ2v) is 10.7. The molecule has 0 heterocycles. The monoisotopic (exact) mass is 922 g/mol. The Balaban J connectivity index is -0.000000255. The van der Waals surface area contributed by atoms with Gasteiger partial charge in [-0.15, -0.1) is 74.3 Å². The number of benzene rings is 3. The summed E-state index contributed by atoms with van der Waals surface area (Å²) in [5.41, 5.74) is 9.42. The van der Waals surface area contributed by atoms with E-state index in [4.69, 9.17) is 56.2 Å². The number of azo groups is 1. The third kappa shape index (κ3) is 29.9. The average molecular weight is 923 g/mol. The standard InChI is InChI=1S/C22H12N6O6S.5Na.4O3S/c23-21-18(26-24-15-5-9-17(10-6-15)35(32,33)34)11-1-13-2-12-19(22(29)20(13)21)27-25-14-3-7-16(8-4-14)28(30)31;;;;;;4*1-4(2)3/h2-3,5,7-11,25H,23H2,(H,32,33,34);;;;;;;;;/q-4;5*+1;;;;/p-1. The second kappa shape index (κ2) is 34.6. The number of ketones is 1. The number of nitrogen functional groups attached to an aromatic ring is 1. The summed E-state index contributed by atoms with van der Waals surface area (Å²) in [6, 6.07) is 16.5. The number of nitro groups is 1. The number of hydrogen-bond acceptors (Lipinski definition) is 23. The molecule has 1 aliphatic rings. The molecule has 0 aliphatic heterocycles. The molecule has 0 saturated carbocycles. The Morgan fingerprint density at radius 2 is 1.21 bits per heavy atom. The SMILES string of the molecule is Nc1c(N=Nc2[c-]cc(S(=O)(=O)[O-])cc2)c[c-]c2c1C(=O)C(=NNc1[c-]cc([N+](=O)[O-])cc1)[C-]=C2.O=S(=O)=O.O=S(=O)=O.O=S(=O)=O.O=S(=O)=O.[Na+].[Na+].[Na+].[Na+].[Na+]. The van der Waals surface area contributed by atoms with E-state index < -0.39 is 68.2 Å². The zero-order valence-electron chi connectivity index (χ0n) is 28.9. The molecule has 0 amide bonds. The molecule has 3 N–H and O–H groups in total. The minimum Gasteiger partial charge on any atom is -0.754 e. The fraction of sp³-hybridized carbons (Fsp3) is 0. The smallest absolute Gasteiger partial charge is 0.754 e. The van der Waals surface area contributed by atoms with Gasteiger partial charge in [-0.25, -0.2) is 34.0 Å². The van der Waals surface area contributed by atoms with Gasteiger partial charge in [0.2, 0.25) is 0 Å².